The van der Waals surface area contributed by atoms with Crippen molar-refractivity contribution in [3.05, 3.63) is 89.5 Å². The lowest BCUT2D eigenvalue weighted by atomic mass is 9.87. The average Bonchev–Trinajstić information content (AvgIpc) is 2.86. The molecule has 0 amide bonds. The van der Waals surface area contributed by atoms with E-state index in [0.29, 0.717) is 23.3 Å². The zero-order chi connectivity index (χ0) is 27.9. The third-order valence-electron chi connectivity index (χ3n) is 6.23. The van der Waals surface area contributed by atoms with Gasteiger partial charge in [-0.05, 0) is 65.6 Å². The Kier molecular flexibility index (Phi) is 9.36. The van der Waals surface area contributed by atoms with Gasteiger partial charge in [0.15, 0.2) is 5.78 Å². The normalized spacial score (nSPS) is 12.7. The second-order valence-corrected chi connectivity index (χ2v) is 10.6. The maximum atomic E-state index is 12.9. The van der Waals surface area contributed by atoms with Gasteiger partial charge < -0.3 is 9.84 Å². The highest BCUT2D eigenvalue weighted by Gasteiger charge is 2.30. The van der Waals surface area contributed by atoms with E-state index in [2.05, 4.69) is 20.8 Å². The zero-order valence-corrected chi connectivity index (χ0v) is 21.8. The van der Waals surface area contributed by atoms with Crippen LogP contribution >= 0.6 is 0 Å². The Labute approximate surface area is 221 Å². The summed E-state index contributed by atoms with van der Waals surface area (Å²) < 4.78 is 44.9. The summed E-state index contributed by atoms with van der Waals surface area (Å²) in [6.07, 6.45) is -2.54. The summed E-state index contributed by atoms with van der Waals surface area (Å²) in [4.78, 5) is 23.1. The molecular formula is C31H33F3O4. The predicted molar refractivity (Wildman–Crippen MR) is 141 cm³/mol. The molecule has 0 saturated heterocycles. The van der Waals surface area contributed by atoms with Gasteiger partial charge in [0.2, 0.25) is 0 Å². The molecule has 7 heteroatoms. The van der Waals surface area contributed by atoms with Crippen LogP contribution in [0.5, 0.6) is 5.75 Å². The fourth-order valence-corrected chi connectivity index (χ4v) is 4.03. The molecule has 0 aromatic heterocycles. The minimum Gasteiger partial charge on any atom is -0.486 e. The summed E-state index contributed by atoms with van der Waals surface area (Å²) in [7, 11) is 0. The maximum absolute atomic E-state index is 12.9. The molecule has 1 unspecified atom stereocenters. The molecule has 0 aliphatic carbocycles. The van der Waals surface area contributed by atoms with Gasteiger partial charge in [-0.15, -0.1) is 0 Å². The van der Waals surface area contributed by atoms with Crippen LogP contribution < -0.4 is 4.74 Å². The molecule has 0 fully saturated rings. The van der Waals surface area contributed by atoms with E-state index >= 15 is 0 Å². The maximum Gasteiger partial charge on any atom is 0.416 e. The van der Waals surface area contributed by atoms with Gasteiger partial charge in [0.05, 0.1) is 5.56 Å². The molecule has 0 aliphatic rings. The summed E-state index contributed by atoms with van der Waals surface area (Å²) in [6, 6.07) is 19.5. The second-order valence-electron chi connectivity index (χ2n) is 10.6. The van der Waals surface area contributed by atoms with Crippen molar-refractivity contribution < 1.29 is 32.6 Å². The SMILES string of the molecule is CC(C)(C)CCC(Oc1ccc(-c2ccc(C(F)(F)F)cc2)cc1)c1ccc(C(=O)CCCC(=O)O)cc1. The van der Waals surface area contributed by atoms with Crippen LogP contribution in [0.4, 0.5) is 13.2 Å². The largest absolute Gasteiger partial charge is 0.486 e. The van der Waals surface area contributed by atoms with Gasteiger partial charge in [0.1, 0.15) is 11.9 Å². The van der Waals surface area contributed by atoms with Gasteiger partial charge in [-0.3, -0.25) is 9.59 Å². The number of alkyl halides is 3. The van der Waals surface area contributed by atoms with Crippen molar-refractivity contribution in [1.29, 1.82) is 0 Å². The average molecular weight is 527 g/mol. The Bertz CT molecular complexity index is 1210. The van der Waals surface area contributed by atoms with Gasteiger partial charge in [0.25, 0.3) is 0 Å². The minimum absolute atomic E-state index is 0.0375. The Morgan fingerprint density at radius 2 is 1.37 bits per heavy atom. The Morgan fingerprint density at radius 3 is 1.87 bits per heavy atom. The molecule has 1 atom stereocenters. The number of ketones is 1. The molecule has 0 radical (unpaired) electrons. The molecule has 0 bridgehead atoms. The Hall–Kier alpha value is -3.61. The van der Waals surface area contributed by atoms with Crippen LogP contribution in [0.25, 0.3) is 11.1 Å². The van der Waals surface area contributed by atoms with Crippen LogP contribution in [0.1, 0.15) is 80.5 Å². The molecular weight excluding hydrogens is 493 g/mol. The number of halogens is 3. The van der Waals surface area contributed by atoms with Crippen LogP contribution in [-0.2, 0) is 11.0 Å². The number of aliphatic carboxylic acids is 1. The van der Waals surface area contributed by atoms with Crippen molar-refractivity contribution in [2.75, 3.05) is 0 Å². The van der Waals surface area contributed by atoms with Gasteiger partial charge in [-0.1, -0.05) is 69.3 Å². The second kappa shape index (κ2) is 12.3. The number of rotatable bonds is 11. The molecule has 0 spiro atoms. The van der Waals surface area contributed by atoms with Crippen molar-refractivity contribution in [2.45, 2.75) is 65.2 Å². The van der Waals surface area contributed by atoms with E-state index in [1.165, 1.54) is 12.1 Å². The van der Waals surface area contributed by atoms with Gasteiger partial charge in [-0.2, -0.15) is 13.2 Å². The number of hydrogen-bond acceptors (Lipinski definition) is 3. The molecule has 0 heterocycles. The molecule has 4 nitrogen and oxygen atoms in total. The lowest BCUT2D eigenvalue weighted by Gasteiger charge is -2.25. The summed E-state index contributed by atoms with van der Waals surface area (Å²) in [5.41, 5.74) is 2.32. The summed E-state index contributed by atoms with van der Waals surface area (Å²) in [6.45, 7) is 6.46. The molecule has 38 heavy (non-hydrogen) atoms. The molecule has 3 aromatic carbocycles. The van der Waals surface area contributed by atoms with Crippen LogP contribution in [-0.4, -0.2) is 16.9 Å². The number of hydrogen-bond donors (Lipinski definition) is 1. The highest BCUT2D eigenvalue weighted by molar-refractivity contribution is 5.96. The highest BCUT2D eigenvalue weighted by atomic mass is 19.4. The van der Waals surface area contributed by atoms with Crippen LogP contribution in [0.3, 0.4) is 0 Å². The monoisotopic (exact) mass is 526 g/mol. The number of Topliss-reactive ketones (excluding diaryl/α,β-unsaturated/α-hetero) is 1. The fourth-order valence-electron chi connectivity index (χ4n) is 4.03. The number of carboxylic acid groups (broad SMARTS) is 1. The van der Waals surface area contributed by atoms with Crippen molar-refractivity contribution in [2.24, 2.45) is 5.41 Å². The number of benzene rings is 3. The summed E-state index contributed by atoms with van der Waals surface area (Å²) >= 11 is 0. The highest BCUT2D eigenvalue weighted by Crippen LogP contribution is 2.34. The van der Waals surface area contributed by atoms with E-state index < -0.39 is 17.7 Å². The first-order chi connectivity index (χ1) is 17.8. The van der Waals surface area contributed by atoms with Crippen molar-refractivity contribution in [3.8, 4) is 16.9 Å². The molecule has 0 aliphatic heterocycles. The zero-order valence-electron chi connectivity index (χ0n) is 21.8. The summed E-state index contributed by atoms with van der Waals surface area (Å²) in [5.74, 6) is -0.378. The first kappa shape index (κ1) is 29.0. The van der Waals surface area contributed by atoms with E-state index in [1.807, 2.05) is 24.3 Å². The standard InChI is InChI=1S/C31H33F3O4/c1-30(2,3)20-19-28(24-9-7-23(8-10-24)27(35)5-4-6-29(36)37)38-26-17-13-22(14-18-26)21-11-15-25(16-12-21)31(32,33)34/h7-18,28H,4-6,19-20H2,1-3H3,(H,36,37). The Morgan fingerprint density at radius 1 is 0.816 bits per heavy atom. The molecule has 0 saturated carbocycles. The van der Waals surface area contributed by atoms with Crippen molar-refractivity contribution in [3.63, 3.8) is 0 Å². The van der Waals surface area contributed by atoms with Gasteiger partial charge in [0, 0.05) is 18.4 Å². The quantitative estimate of drug-likeness (QED) is 0.254. The van der Waals surface area contributed by atoms with Crippen molar-refractivity contribution >= 4 is 11.8 Å². The minimum atomic E-state index is -4.37. The molecule has 3 rings (SSSR count). The van der Waals surface area contributed by atoms with Gasteiger partial charge >= 0.3 is 12.1 Å². The number of ether oxygens (including phenoxy) is 1. The van der Waals surface area contributed by atoms with E-state index in [-0.39, 0.29) is 30.1 Å². The fraction of sp³-hybridized carbons (Fsp3) is 0.355. The predicted octanol–water partition coefficient (Wildman–Crippen LogP) is 8.76. The summed E-state index contributed by atoms with van der Waals surface area (Å²) in [5, 5.41) is 8.77. The van der Waals surface area contributed by atoms with E-state index in [9.17, 15) is 22.8 Å². The van der Waals surface area contributed by atoms with Crippen LogP contribution in [0.15, 0.2) is 72.8 Å². The van der Waals surface area contributed by atoms with Crippen LogP contribution in [0.2, 0.25) is 0 Å². The topological polar surface area (TPSA) is 63.6 Å². The van der Waals surface area contributed by atoms with E-state index in [1.54, 1.807) is 24.3 Å². The number of carbonyl (C=O) groups is 2. The first-order valence-electron chi connectivity index (χ1n) is 12.6. The lowest BCUT2D eigenvalue weighted by Crippen LogP contribution is -2.13. The third-order valence-corrected chi connectivity index (χ3v) is 6.23. The third kappa shape index (κ3) is 8.75. The van der Waals surface area contributed by atoms with E-state index in [4.69, 9.17) is 9.84 Å². The van der Waals surface area contributed by atoms with Crippen LogP contribution in [0, 0.1) is 5.41 Å². The molecule has 202 valence electrons. The van der Waals surface area contributed by atoms with E-state index in [0.717, 1.165) is 36.1 Å². The number of carboxylic acids is 1. The van der Waals surface area contributed by atoms with Gasteiger partial charge in [-0.25, -0.2) is 0 Å². The van der Waals surface area contributed by atoms with Crippen molar-refractivity contribution in [1.82, 2.24) is 0 Å². The number of carbonyl (C=O) groups excluding carboxylic acids is 1. The smallest absolute Gasteiger partial charge is 0.416 e. The molecule has 1 N–H and O–H groups in total. The first-order valence-corrected chi connectivity index (χ1v) is 12.6. The molecule has 3 aromatic rings. The Balaban J connectivity index is 1.73. The lowest BCUT2D eigenvalue weighted by molar-refractivity contribution is -0.138.